The summed E-state index contributed by atoms with van der Waals surface area (Å²) in [6.45, 7) is 5.62. The van der Waals surface area contributed by atoms with Crippen molar-refractivity contribution in [1.29, 1.82) is 0 Å². The molecule has 0 spiro atoms. The molecule has 0 aliphatic carbocycles. The molecule has 1 atom stereocenters. The van der Waals surface area contributed by atoms with Crippen LogP contribution >= 0.6 is 0 Å². The SMILES string of the molecule is COc1cc2ccccc2cc1C(=O)OCC(=O)N[C@H](C)C(C)C. The maximum absolute atomic E-state index is 12.3. The van der Waals surface area contributed by atoms with Crippen LogP contribution in [0.25, 0.3) is 10.8 Å². The number of esters is 1. The number of hydrogen-bond acceptors (Lipinski definition) is 4. The highest BCUT2D eigenvalue weighted by Crippen LogP contribution is 2.26. The summed E-state index contributed by atoms with van der Waals surface area (Å²) in [6.07, 6.45) is 0. The third kappa shape index (κ3) is 4.25. The Hall–Kier alpha value is -2.56. The van der Waals surface area contributed by atoms with Gasteiger partial charge in [-0.05, 0) is 35.7 Å². The minimum absolute atomic E-state index is 0.0198. The summed E-state index contributed by atoms with van der Waals surface area (Å²) >= 11 is 0. The Balaban J connectivity index is 2.09. The van der Waals surface area contributed by atoms with Gasteiger partial charge < -0.3 is 14.8 Å². The fourth-order valence-electron chi connectivity index (χ4n) is 2.22. The van der Waals surface area contributed by atoms with Gasteiger partial charge in [0.1, 0.15) is 11.3 Å². The first-order chi connectivity index (χ1) is 11.4. The zero-order valence-corrected chi connectivity index (χ0v) is 14.5. The molecule has 0 radical (unpaired) electrons. The molecule has 2 rings (SSSR count). The number of hydrogen-bond donors (Lipinski definition) is 1. The van der Waals surface area contributed by atoms with Crippen LogP contribution in [0.1, 0.15) is 31.1 Å². The number of ether oxygens (including phenoxy) is 2. The van der Waals surface area contributed by atoms with Crippen LogP contribution in [0, 0.1) is 5.92 Å². The number of carbonyl (C=O) groups excluding carboxylic acids is 2. The quantitative estimate of drug-likeness (QED) is 0.827. The van der Waals surface area contributed by atoms with Crippen LogP contribution in [0.4, 0.5) is 0 Å². The van der Waals surface area contributed by atoms with Gasteiger partial charge in [0, 0.05) is 6.04 Å². The van der Waals surface area contributed by atoms with Crippen LogP contribution in [-0.4, -0.2) is 31.6 Å². The third-order valence-electron chi connectivity index (χ3n) is 4.01. The zero-order valence-electron chi connectivity index (χ0n) is 14.5. The lowest BCUT2D eigenvalue weighted by Gasteiger charge is -2.17. The van der Waals surface area contributed by atoms with Crippen molar-refractivity contribution in [1.82, 2.24) is 5.32 Å². The lowest BCUT2D eigenvalue weighted by atomic mass is 10.1. The molecule has 0 aromatic heterocycles. The van der Waals surface area contributed by atoms with E-state index in [1.54, 1.807) is 12.1 Å². The van der Waals surface area contributed by atoms with Crippen molar-refractivity contribution in [2.24, 2.45) is 5.92 Å². The molecule has 0 fully saturated rings. The molecule has 128 valence electrons. The Kier molecular flexibility index (Phi) is 5.79. The van der Waals surface area contributed by atoms with Gasteiger partial charge in [0.2, 0.25) is 0 Å². The normalized spacial score (nSPS) is 12.0. The second-order valence-corrected chi connectivity index (χ2v) is 6.08. The number of rotatable bonds is 6. The first-order valence-corrected chi connectivity index (χ1v) is 7.95. The van der Waals surface area contributed by atoms with Crippen LogP contribution in [0.5, 0.6) is 5.75 Å². The highest BCUT2D eigenvalue weighted by atomic mass is 16.5. The number of carbonyl (C=O) groups is 2. The zero-order chi connectivity index (χ0) is 17.7. The molecule has 0 saturated heterocycles. The fraction of sp³-hybridized carbons (Fsp3) is 0.368. The minimum atomic E-state index is -0.579. The van der Waals surface area contributed by atoms with E-state index in [4.69, 9.17) is 9.47 Å². The van der Waals surface area contributed by atoms with E-state index in [1.807, 2.05) is 45.0 Å². The number of amides is 1. The van der Waals surface area contributed by atoms with Gasteiger partial charge in [0.25, 0.3) is 5.91 Å². The van der Waals surface area contributed by atoms with Gasteiger partial charge in [0.05, 0.1) is 7.11 Å². The predicted octanol–water partition coefficient (Wildman–Crippen LogP) is 3.17. The first-order valence-electron chi connectivity index (χ1n) is 7.95. The Morgan fingerprint density at radius 2 is 1.71 bits per heavy atom. The van der Waals surface area contributed by atoms with Gasteiger partial charge in [-0.2, -0.15) is 0 Å². The van der Waals surface area contributed by atoms with Crippen molar-refractivity contribution in [2.75, 3.05) is 13.7 Å². The molecule has 5 heteroatoms. The molecule has 0 aliphatic heterocycles. The summed E-state index contributed by atoms with van der Waals surface area (Å²) in [6, 6.07) is 11.2. The Morgan fingerprint density at radius 1 is 1.08 bits per heavy atom. The Labute approximate surface area is 141 Å². The van der Waals surface area contributed by atoms with Gasteiger partial charge in [-0.1, -0.05) is 38.1 Å². The van der Waals surface area contributed by atoms with Crippen LogP contribution in [0.3, 0.4) is 0 Å². The molecule has 0 aliphatic rings. The molecule has 5 nitrogen and oxygen atoms in total. The maximum atomic E-state index is 12.3. The predicted molar refractivity (Wildman–Crippen MR) is 93.2 cm³/mol. The molecule has 1 amide bonds. The molecule has 24 heavy (non-hydrogen) atoms. The highest BCUT2D eigenvalue weighted by Gasteiger charge is 2.17. The second kappa shape index (κ2) is 7.81. The number of methoxy groups -OCH3 is 1. The number of benzene rings is 2. The van der Waals surface area contributed by atoms with Gasteiger partial charge in [0.15, 0.2) is 6.61 Å². The summed E-state index contributed by atoms with van der Waals surface area (Å²) in [5, 5.41) is 4.67. The van der Waals surface area contributed by atoms with E-state index in [0.29, 0.717) is 17.2 Å². The first kappa shape index (κ1) is 17.8. The Morgan fingerprint density at radius 3 is 2.29 bits per heavy atom. The summed E-state index contributed by atoms with van der Waals surface area (Å²) in [5.41, 5.74) is 0.306. The molecule has 0 saturated carbocycles. The van der Waals surface area contributed by atoms with E-state index in [1.165, 1.54) is 7.11 Å². The summed E-state index contributed by atoms with van der Waals surface area (Å²) in [5.74, 6) is -0.158. The molecular formula is C19H23NO4. The molecule has 1 N–H and O–H groups in total. The van der Waals surface area contributed by atoms with Crippen molar-refractivity contribution in [3.63, 3.8) is 0 Å². The van der Waals surface area contributed by atoms with Gasteiger partial charge in [-0.3, -0.25) is 4.79 Å². The average Bonchev–Trinajstić information content (AvgIpc) is 2.58. The van der Waals surface area contributed by atoms with Gasteiger partial charge in [-0.25, -0.2) is 4.79 Å². The minimum Gasteiger partial charge on any atom is -0.496 e. The largest absolute Gasteiger partial charge is 0.496 e. The van der Waals surface area contributed by atoms with E-state index >= 15 is 0 Å². The summed E-state index contributed by atoms with van der Waals surface area (Å²) < 4.78 is 10.4. The second-order valence-electron chi connectivity index (χ2n) is 6.08. The van der Waals surface area contributed by atoms with Crippen molar-refractivity contribution < 1.29 is 19.1 Å². The molecule has 0 bridgehead atoms. The van der Waals surface area contributed by atoms with E-state index in [0.717, 1.165) is 10.8 Å². The summed E-state index contributed by atoms with van der Waals surface area (Å²) in [7, 11) is 1.50. The molecule has 2 aromatic rings. The molecule has 0 unspecified atom stereocenters. The van der Waals surface area contributed by atoms with E-state index < -0.39 is 5.97 Å². The lowest BCUT2D eigenvalue weighted by molar-refractivity contribution is -0.125. The number of nitrogens with one attached hydrogen (secondary N) is 1. The van der Waals surface area contributed by atoms with Crippen molar-refractivity contribution >= 4 is 22.6 Å². The van der Waals surface area contributed by atoms with E-state index in [9.17, 15) is 9.59 Å². The topological polar surface area (TPSA) is 64.6 Å². The standard InChI is InChI=1S/C19H23NO4/c1-12(2)13(3)20-18(21)11-24-19(22)16-9-14-7-5-6-8-15(14)10-17(16)23-4/h5-10,12-13H,11H2,1-4H3,(H,20,21)/t13-/m1/s1. The van der Waals surface area contributed by atoms with E-state index in [2.05, 4.69) is 5.32 Å². The van der Waals surface area contributed by atoms with E-state index in [-0.39, 0.29) is 18.6 Å². The summed E-state index contributed by atoms with van der Waals surface area (Å²) in [4.78, 5) is 24.2. The maximum Gasteiger partial charge on any atom is 0.342 e. The van der Waals surface area contributed by atoms with Crippen molar-refractivity contribution in [2.45, 2.75) is 26.8 Å². The lowest BCUT2D eigenvalue weighted by Crippen LogP contribution is -2.38. The van der Waals surface area contributed by atoms with Crippen LogP contribution < -0.4 is 10.1 Å². The molecule has 0 heterocycles. The smallest absolute Gasteiger partial charge is 0.342 e. The van der Waals surface area contributed by atoms with Crippen LogP contribution in [0.15, 0.2) is 36.4 Å². The van der Waals surface area contributed by atoms with Crippen molar-refractivity contribution in [3.05, 3.63) is 42.0 Å². The number of fused-ring (bicyclic) bond motifs is 1. The van der Waals surface area contributed by atoms with Crippen LogP contribution in [-0.2, 0) is 9.53 Å². The average molecular weight is 329 g/mol. The third-order valence-corrected chi connectivity index (χ3v) is 4.01. The van der Waals surface area contributed by atoms with Crippen LogP contribution in [0.2, 0.25) is 0 Å². The Bertz CT molecular complexity index is 739. The molecule has 2 aromatic carbocycles. The van der Waals surface area contributed by atoms with Gasteiger partial charge in [-0.15, -0.1) is 0 Å². The van der Waals surface area contributed by atoms with Gasteiger partial charge >= 0.3 is 5.97 Å². The monoisotopic (exact) mass is 329 g/mol. The van der Waals surface area contributed by atoms with Crippen molar-refractivity contribution in [3.8, 4) is 5.75 Å². The highest BCUT2D eigenvalue weighted by molar-refractivity contribution is 5.99. The molecular weight excluding hydrogens is 306 g/mol. The fourth-order valence-corrected chi connectivity index (χ4v) is 2.22.